The number of hydrogen-bond acceptors (Lipinski definition) is 6. The molecule has 0 bridgehead atoms. The van der Waals surface area contributed by atoms with E-state index in [1.807, 2.05) is 23.5 Å². The highest BCUT2D eigenvalue weighted by molar-refractivity contribution is 8.06. The fraction of sp³-hybridized carbons (Fsp3) is 1.00. The maximum atomic E-state index is 9.64. The van der Waals surface area contributed by atoms with Crippen molar-refractivity contribution >= 4 is 23.5 Å². The molecule has 0 aromatic heterocycles. The molecular formula is C11H23NO3S2. The zero-order chi connectivity index (χ0) is 12.3. The lowest BCUT2D eigenvalue weighted by atomic mass is 10.3. The fourth-order valence-electron chi connectivity index (χ4n) is 1.49. The standard InChI is InChI=1S/C11H23NO3S2/c1-14-2-3-15-8-10(13)6-12-7-11-9-16-4-5-17-11/h10-13H,2-9H2,1H3. The average Bonchev–Trinajstić information content (AvgIpc) is 2.36. The van der Waals surface area contributed by atoms with Crippen LogP contribution in [0.4, 0.5) is 0 Å². The summed E-state index contributed by atoms with van der Waals surface area (Å²) in [6.45, 7) is 3.09. The lowest BCUT2D eigenvalue weighted by molar-refractivity contribution is 0.0139. The molecule has 102 valence electrons. The van der Waals surface area contributed by atoms with Gasteiger partial charge in [0.05, 0.1) is 25.9 Å². The summed E-state index contributed by atoms with van der Waals surface area (Å²) in [5.74, 6) is 3.74. The summed E-state index contributed by atoms with van der Waals surface area (Å²) in [6.07, 6.45) is -0.423. The number of rotatable bonds is 9. The lowest BCUT2D eigenvalue weighted by Crippen LogP contribution is -2.36. The summed E-state index contributed by atoms with van der Waals surface area (Å²) < 4.78 is 10.1. The molecular weight excluding hydrogens is 258 g/mol. The van der Waals surface area contributed by atoms with Gasteiger partial charge >= 0.3 is 0 Å². The zero-order valence-electron chi connectivity index (χ0n) is 10.4. The van der Waals surface area contributed by atoms with Crippen LogP contribution in [-0.2, 0) is 9.47 Å². The Labute approximate surface area is 112 Å². The van der Waals surface area contributed by atoms with Gasteiger partial charge in [0.25, 0.3) is 0 Å². The fourth-order valence-corrected chi connectivity index (χ4v) is 4.13. The minimum atomic E-state index is -0.423. The highest BCUT2D eigenvalue weighted by atomic mass is 32.2. The molecule has 0 aliphatic carbocycles. The molecule has 1 aliphatic heterocycles. The van der Waals surface area contributed by atoms with E-state index in [1.165, 1.54) is 17.3 Å². The summed E-state index contributed by atoms with van der Waals surface area (Å²) in [7, 11) is 1.64. The van der Waals surface area contributed by atoms with Crippen molar-refractivity contribution < 1.29 is 14.6 Å². The van der Waals surface area contributed by atoms with Crippen LogP contribution < -0.4 is 5.32 Å². The summed E-state index contributed by atoms with van der Waals surface area (Å²) in [6, 6.07) is 0. The van der Waals surface area contributed by atoms with Crippen LogP contribution in [0.15, 0.2) is 0 Å². The topological polar surface area (TPSA) is 50.7 Å². The maximum Gasteiger partial charge on any atom is 0.0897 e. The molecule has 0 aromatic rings. The highest BCUT2D eigenvalue weighted by Gasteiger charge is 2.14. The largest absolute Gasteiger partial charge is 0.389 e. The summed E-state index contributed by atoms with van der Waals surface area (Å²) in [5.41, 5.74) is 0. The maximum absolute atomic E-state index is 9.64. The van der Waals surface area contributed by atoms with Gasteiger partial charge in [0.2, 0.25) is 0 Å². The Hall–Kier alpha value is 0.540. The Balaban J connectivity index is 1.90. The van der Waals surface area contributed by atoms with Crippen molar-refractivity contribution in [1.82, 2.24) is 5.32 Å². The molecule has 0 amide bonds. The SMILES string of the molecule is COCCOCC(O)CNCC1CSCCS1. The monoisotopic (exact) mass is 281 g/mol. The van der Waals surface area contributed by atoms with E-state index in [-0.39, 0.29) is 0 Å². The molecule has 1 heterocycles. The quantitative estimate of drug-likeness (QED) is 0.599. The third kappa shape index (κ3) is 8.29. The van der Waals surface area contributed by atoms with Crippen molar-refractivity contribution in [1.29, 1.82) is 0 Å². The van der Waals surface area contributed by atoms with E-state index in [0.29, 0.717) is 31.6 Å². The molecule has 1 rings (SSSR count). The van der Waals surface area contributed by atoms with Crippen molar-refractivity contribution in [3.63, 3.8) is 0 Å². The van der Waals surface area contributed by atoms with Gasteiger partial charge in [0.15, 0.2) is 0 Å². The van der Waals surface area contributed by atoms with Crippen LogP contribution in [0.2, 0.25) is 0 Å². The van der Waals surface area contributed by atoms with E-state index >= 15 is 0 Å². The Morgan fingerprint density at radius 1 is 1.41 bits per heavy atom. The van der Waals surface area contributed by atoms with Crippen LogP contribution in [0, 0.1) is 0 Å². The zero-order valence-corrected chi connectivity index (χ0v) is 12.0. The number of aliphatic hydroxyl groups is 1. The van der Waals surface area contributed by atoms with Gasteiger partial charge < -0.3 is 19.9 Å². The second kappa shape index (κ2) is 10.5. The molecule has 1 aliphatic rings. The van der Waals surface area contributed by atoms with Crippen LogP contribution in [0.25, 0.3) is 0 Å². The van der Waals surface area contributed by atoms with Gasteiger partial charge in [-0.05, 0) is 0 Å². The summed E-state index contributed by atoms with van der Waals surface area (Å²) in [5, 5.41) is 13.6. The number of thioether (sulfide) groups is 2. The molecule has 1 saturated heterocycles. The van der Waals surface area contributed by atoms with Gasteiger partial charge in [-0.3, -0.25) is 0 Å². The van der Waals surface area contributed by atoms with Crippen LogP contribution in [0.1, 0.15) is 0 Å². The smallest absolute Gasteiger partial charge is 0.0897 e. The first-order valence-electron chi connectivity index (χ1n) is 5.97. The normalized spacial score (nSPS) is 22.6. The number of methoxy groups -OCH3 is 1. The predicted octanol–water partition coefficient (Wildman–Crippen LogP) is 0.449. The van der Waals surface area contributed by atoms with E-state index in [9.17, 15) is 5.11 Å². The number of hydrogen-bond donors (Lipinski definition) is 2. The third-order valence-electron chi connectivity index (χ3n) is 2.38. The first-order valence-corrected chi connectivity index (χ1v) is 8.18. The van der Waals surface area contributed by atoms with E-state index in [0.717, 1.165) is 6.54 Å². The third-order valence-corrected chi connectivity index (χ3v) is 5.22. The molecule has 6 heteroatoms. The molecule has 0 radical (unpaired) electrons. The molecule has 2 N–H and O–H groups in total. The van der Waals surface area contributed by atoms with Crippen molar-refractivity contribution in [2.45, 2.75) is 11.4 Å². The van der Waals surface area contributed by atoms with E-state index in [2.05, 4.69) is 5.32 Å². The molecule has 2 atom stereocenters. The van der Waals surface area contributed by atoms with Crippen LogP contribution in [0.5, 0.6) is 0 Å². The highest BCUT2D eigenvalue weighted by Crippen LogP contribution is 2.23. The molecule has 0 spiro atoms. The molecule has 0 saturated carbocycles. The minimum absolute atomic E-state index is 0.378. The van der Waals surface area contributed by atoms with Gasteiger partial charge in [-0.15, -0.1) is 0 Å². The van der Waals surface area contributed by atoms with Crippen LogP contribution in [-0.4, -0.2) is 73.7 Å². The van der Waals surface area contributed by atoms with Gasteiger partial charge in [-0.1, -0.05) is 0 Å². The van der Waals surface area contributed by atoms with Crippen LogP contribution >= 0.6 is 23.5 Å². The lowest BCUT2D eigenvalue weighted by Gasteiger charge is -2.22. The second-order valence-corrected chi connectivity index (χ2v) is 6.51. The molecule has 0 aromatic carbocycles. The first kappa shape index (κ1) is 15.6. The molecule has 1 fully saturated rings. The Bertz CT molecular complexity index is 180. The van der Waals surface area contributed by atoms with E-state index in [1.54, 1.807) is 7.11 Å². The number of ether oxygens (including phenoxy) is 2. The Kier molecular flexibility index (Phi) is 9.60. The molecule has 4 nitrogen and oxygen atoms in total. The molecule has 2 unspecified atom stereocenters. The van der Waals surface area contributed by atoms with Gasteiger partial charge in [-0.2, -0.15) is 23.5 Å². The van der Waals surface area contributed by atoms with Crippen molar-refractivity contribution in [3.8, 4) is 0 Å². The van der Waals surface area contributed by atoms with Crippen molar-refractivity contribution in [3.05, 3.63) is 0 Å². The summed E-state index contributed by atoms with van der Waals surface area (Å²) >= 11 is 4.05. The number of nitrogens with one attached hydrogen (secondary N) is 1. The van der Waals surface area contributed by atoms with E-state index < -0.39 is 6.10 Å². The second-order valence-electron chi connectivity index (χ2n) is 3.95. The van der Waals surface area contributed by atoms with Gasteiger partial charge in [-0.25, -0.2) is 0 Å². The van der Waals surface area contributed by atoms with Crippen molar-refractivity contribution in [2.75, 3.05) is 57.3 Å². The number of aliphatic hydroxyl groups excluding tert-OH is 1. The van der Waals surface area contributed by atoms with E-state index in [4.69, 9.17) is 9.47 Å². The summed E-state index contributed by atoms with van der Waals surface area (Å²) in [4.78, 5) is 0. The average molecular weight is 281 g/mol. The van der Waals surface area contributed by atoms with Crippen LogP contribution in [0.3, 0.4) is 0 Å². The van der Waals surface area contributed by atoms with Gasteiger partial charge in [0.1, 0.15) is 0 Å². The Morgan fingerprint density at radius 3 is 3.00 bits per heavy atom. The first-order chi connectivity index (χ1) is 8.33. The Morgan fingerprint density at radius 2 is 2.29 bits per heavy atom. The minimum Gasteiger partial charge on any atom is -0.389 e. The van der Waals surface area contributed by atoms with Crippen molar-refractivity contribution in [2.24, 2.45) is 0 Å². The van der Waals surface area contributed by atoms with Gasteiger partial charge in [0, 0.05) is 42.7 Å². The predicted molar refractivity (Wildman–Crippen MR) is 75.1 cm³/mol. The molecule has 17 heavy (non-hydrogen) atoms.